The molecule has 122 valence electrons. The Morgan fingerprint density at radius 3 is 2.50 bits per heavy atom. The average Bonchev–Trinajstić information content (AvgIpc) is 2.47. The van der Waals surface area contributed by atoms with Crippen LogP contribution in [0.25, 0.3) is 0 Å². The fourth-order valence-electron chi connectivity index (χ4n) is 2.06. The second-order valence-electron chi connectivity index (χ2n) is 5.32. The highest BCUT2D eigenvalue weighted by Gasteiger charge is 2.12. The van der Waals surface area contributed by atoms with Crippen LogP contribution in [0.3, 0.4) is 0 Å². The molecule has 0 saturated carbocycles. The Labute approximate surface area is 131 Å². The molecule has 0 fully saturated rings. The zero-order chi connectivity index (χ0) is 16.5. The largest absolute Gasteiger partial charge is 0.494 e. The molecule has 5 nitrogen and oxygen atoms in total. The van der Waals surface area contributed by atoms with Crippen molar-refractivity contribution >= 4 is 11.9 Å². The molecule has 0 heterocycles. The van der Waals surface area contributed by atoms with Crippen LogP contribution in [-0.2, 0) is 9.59 Å². The molecule has 0 spiro atoms. The van der Waals surface area contributed by atoms with Crippen LogP contribution in [0.2, 0.25) is 0 Å². The third kappa shape index (κ3) is 6.16. The molecule has 0 aliphatic carbocycles. The molecule has 22 heavy (non-hydrogen) atoms. The maximum absolute atomic E-state index is 12.0. The van der Waals surface area contributed by atoms with Gasteiger partial charge in [-0.15, -0.1) is 0 Å². The topological polar surface area (TPSA) is 66.8 Å². The van der Waals surface area contributed by atoms with Crippen LogP contribution in [0.5, 0.6) is 5.75 Å². The van der Waals surface area contributed by atoms with E-state index in [0.717, 1.165) is 5.75 Å². The zero-order valence-electron chi connectivity index (χ0n) is 13.6. The van der Waals surface area contributed by atoms with E-state index in [1.54, 1.807) is 4.90 Å². The number of carbonyl (C=O) groups excluding carboxylic acids is 1. The van der Waals surface area contributed by atoms with Gasteiger partial charge in [0, 0.05) is 19.5 Å². The van der Waals surface area contributed by atoms with Crippen molar-refractivity contribution in [1.29, 1.82) is 0 Å². The molecule has 1 aromatic carbocycles. The van der Waals surface area contributed by atoms with Gasteiger partial charge in [-0.1, -0.05) is 6.07 Å². The highest BCUT2D eigenvalue weighted by Crippen LogP contribution is 2.16. The number of nitrogens with zero attached hydrogens (tertiary/aromatic N) is 1. The lowest BCUT2D eigenvalue weighted by atomic mass is 10.1. The molecule has 0 aliphatic rings. The molecule has 0 radical (unpaired) electrons. The Morgan fingerprint density at radius 2 is 1.91 bits per heavy atom. The SMILES string of the molecule is CCN(CCC(=O)O)C(=O)CCCOc1ccc(C)c(C)c1. The van der Waals surface area contributed by atoms with E-state index in [9.17, 15) is 9.59 Å². The number of aryl methyl sites for hydroxylation is 2. The first-order chi connectivity index (χ1) is 10.4. The number of rotatable bonds is 9. The van der Waals surface area contributed by atoms with Crippen LogP contribution in [0.15, 0.2) is 18.2 Å². The summed E-state index contributed by atoms with van der Waals surface area (Å²) in [5.41, 5.74) is 2.40. The normalized spacial score (nSPS) is 10.3. The van der Waals surface area contributed by atoms with Gasteiger partial charge in [-0.3, -0.25) is 9.59 Å². The molecule has 0 bridgehead atoms. The van der Waals surface area contributed by atoms with E-state index >= 15 is 0 Å². The molecule has 0 unspecified atom stereocenters. The van der Waals surface area contributed by atoms with Gasteiger partial charge in [-0.2, -0.15) is 0 Å². The molecule has 0 aliphatic heterocycles. The van der Waals surface area contributed by atoms with Crippen molar-refractivity contribution in [2.45, 2.75) is 40.0 Å². The molecule has 5 heteroatoms. The number of hydrogen-bond acceptors (Lipinski definition) is 3. The first-order valence-electron chi connectivity index (χ1n) is 7.63. The Hall–Kier alpha value is -2.04. The van der Waals surface area contributed by atoms with E-state index in [2.05, 4.69) is 0 Å². The smallest absolute Gasteiger partial charge is 0.305 e. The molecule has 0 aromatic heterocycles. The lowest BCUT2D eigenvalue weighted by Crippen LogP contribution is -2.32. The van der Waals surface area contributed by atoms with E-state index in [0.29, 0.717) is 26.0 Å². The number of carboxylic acid groups (broad SMARTS) is 1. The van der Waals surface area contributed by atoms with Crippen molar-refractivity contribution in [3.8, 4) is 5.75 Å². The van der Waals surface area contributed by atoms with E-state index < -0.39 is 5.97 Å². The fourth-order valence-corrected chi connectivity index (χ4v) is 2.06. The van der Waals surface area contributed by atoms with Gasteiger partial charge in [-0.05, 0) is 50.5 Å². The first-order valence-corrected chi connectivity index (χ1v) is 7.63. The van der Waals surface area contributed by atoms with Crippen molar-refractivity contribution < 1.29 is 19.4 Å². The van der Waals surface area contributed by atoms with Crippen molar-refractivity contribution in [3.63, 3.8) is 0 Å². The van der Waals surface area contributed by atoms with Gasteiger partial charge in [0.2, 0.25) is 5.91 Å². The van der Waals surface area contributed by atoms with Gasteiger partial charge < -0.3 is 14.7 Å². The number of aliphatic carboxylic acids is 1. The molecule has 0 saturated heterocycles. The Balaban J connectivity index is 2.31. The Bertz CT molecular complexity index is 513. The second-order valence-corrected chi connectivity index (χ2v) is 5.32. The lowest BCUT2D eigenvalue weighted by molar-refractivity contribution is -0.138. The summed E-state index contributed by atoms with van der Waals surface area (Å²) in [4.78, 5) is 24.1. The zero-order valence-corrected chi connectivity index (χ0v) is 13.6. The maximum Gasteiger partial charge on any atom is 0.305 e. The molecule has 1 rings (SSSR count). The fraction of sp³-hybridized carbons (Fsp3) is 0.529. The number of carboxylic acids is 1. The monoisotopic (exact) mass is 307 g/mol. The van der Waals surface area contributed by atoms with Gasteiger partial charge in [-0.25, -0.2) is 0 Å². The van der Waals surface area contributed by atoms with Crippen LogP contribution >= 0.6 is 0 Å². The van der Waals surface area contributed by atoms with Crippen molar-refractivity contribution in [3.05, 3.63) is 29.3 Å². The number of hydrogen-bond donors (Lipinski definition) is 1. The minimum absolute atomic E-state index is 0.0152. The van der Waals surface area contributed by atoms with Crippen LogP contribution in [0.4, 0.5) is 0 Å². The molecular formula is C17H25NO4. The molecule has 1 amide bonds. The van der Waals surface area contributed by atoms with Crippen LogP contribution < -0.4 is 4.74 Å². The minimum atomic E-state index is -0.885. The summed E-state index contributed by atoms with van der Waals surface area (Å²) in [6.45, 7) is 7.21. The summed E-state index contributed by atoms with van der Waals surface area (Å²) in [6, 6.07) is 5.93. The van der Waals surface area contributed by atoms with E-state index in [1.807, 2.05) is 39.0 Å². The number of ether oxygens (including phenoxy) is 1. The Kier molecular flexibility index (Phi) is 7.43. The average molecular weight is 307 g/mol. The number of benzene rings is 1. The summed E-state index contributed by atoms with van der Waals surface area (Å²) in [5, 5.41) is 8.66. The Morgan fingerprint density at radius 1 is 1.18 bits per heavy atom. The van der Waals surface area contributed by atoms with Crippen LogP contribution in [0, 0.1) is 13.8 Å². The molecule has 1 N–H and O–H groups in total. The molecule has 1 aromatic rings. The summed E-state index contributed by atoms with van der Waals surface area (Å²) in [7, 11) is 0. The van der Waals surface area contributed by atoms with Crippen molar-refractivity contribution in [2.75, 3.05) is 19.7 Å². The summed E-state index contributed by atoms with van der Waals surface area (Å²) in [5.74, 6) is -0.0921. The predicted octanol–water partition coefficient (Wildman–Crippen LogP) is 2.79. The predicted molar refractivity (Wildman–Crippen MR) is 85.2 cm³/mol. The number of carbonyl (C=O) groups is 2. The third-order valence-electron chi connectivity index (χ3n) is 3.61. The summed E-state index contributed by atoms with van der Waals surface area (Å²) >= 11 is 0. The highest BCUT2D eigenvalue weighted by molar-refractivity contribution is 5.77. The third-order valence-corrected chi connectivity index (χ3v) is 3.61. The van der Waals surface area contributed by atoms with Crippen LogP contribution in [0.1, 0.15) is 37.3 Å². The minimum Gasteiger partial charge on any atom is -0.494 e. The van der Waals surface area contributed by atoms with Crippen molar-refractivity contribution in [1.82, 2.24) is 4.90 Å². The first kappa shape index (κ1) is 18.0. The molecule has 0 atom stereocenters. The van der Waals surface area contributed by atoms with E-state index in [-0.39, 0.29) is 18.9 Å². The summed E-state index contributed by atoms with van der Waals surface area (Å²) in [6.07, 6.45) is 0.979. The molecular weight excluding hydrogens is 282 g/mol. The number of amides is 1. The van der Waals surface area contributed by atoms with E-state index in [4.69, 9.17) is 9.84 Å². The highest BCUT2D eigenvalue weighted by atomic mass is 16.5. The van der Waals surface area contributed by atoms with Crippen molar-refractivity contribution in [2.24, 2.45) is 0 Å². The van der Waals surface area contributed by atoms with Gasteiger partial charge >= 0.3 is 5.97 Å². The van der Waals surface area contributed by atoms with E-state index in [1.165, 1.54) is 11.1 Å². The summed E-state index contributed by atoms with van der Waals surface area (Å²) < 4.78 is 5.64. The van der Waals surface area contributed by atoms with Gasteiger partial charge in [0.1, 0.15) is 5.75 Å². The van der Waals surface area contributed by atoms with Gasteiger partial charge in [0.05, 0.1) is 13.0 Å². The standard InChI is InChI=1S/C17H25NO4/c1-4-18(10-9-17(20)21)16(19)6-5-11-22-15-8-7-13(2)14(3)12-15/h7-8,12H,4-6,9-11H2,1-3H3,(H,20,21). The van der Waals surface area contributed by atoms with Gasteiger partial charge in [0.15, 0.2) is 0 Å². The second kappa shape index (κ2) is 9.07. The quantitative estimate of drug-likeness (QED) is 0.712. The van der Waals surface area contributed by atoms with Gasteiger partial charge in [0.25, 0.3) is 0 Å². The lowest BCUT2D eigenvalue weighted by Gasteiger charge is -2.20. The van der Waals surface area contributed by atoms with Crippen LogP contribution in [-0.4, -0.2) is 41.6 Å². The maximum atomic E-state index is 12.0.